The first-order valence-electron chi connectivity index (χ1n) is 3.79. The highest BCUT2D eigenvalue weighted by Crippen LogP contribution is 2.08. The number of hydrogen-bond acceptors (Lipinski definition) is 3. The molecule has 0 aliphatic heterocycles. The van der Waals surface area contributed by atoms with Crippen LogP contribution < -0.4 is 5.73 Å². The molecule has 1 amide bonds. The summed E-state index contributed by atoms with van der Waals surface area (Å²) in [5.74, 6) is -0.551. The van der Waals surface area contributed by atoms with Gasteiger partial charge in [0.25, 0.3) is 5.91 Å². The number of amides is 1. The quantitative estimate of drug-likeness (QED) is 0.830. The van der Waals surface area contributed by atoms with Gasteiger partial charge in [-0.15, -0.1) is 24.8 Å². The van der Waals surface area contributed by atoms with E-state index in [-0.39, 0.29) is 30.6 Å². The molecule has 1 aromatic heterocycles. The van der Waals surface area contributed by atoms with Gasteiger partial charge in [-0.3, -0.25) is 4.79 Å². The number of fused-ring (bicyclic) bond motifs is 1. The van der Waals surface area contributed by atoms with Crippen molar-refractivity contribution >= 4 is 41.6 Å². The number of hydrogen-bond donors (Lipinski definition) is 1. The van der Waals surface area contributed by atoms with Crippen molar-refractivity contribution in [1.29, 1.82) is 0 Å². The smallest absolute Gasteiger partial charge is 0.286 e. The normalized spacial score (nSPS) is 8.80. The summed E-state index contributed by atoms with van der Waals surface area (Å²) in [6.45, 7) is 0. The fourth-order valence-electron chi connectivity index (χ4n) is 1.09. The van der Waals surface area contributed by atoms with Crippen molar-refractivity contribution in [1.82, 2.24) is 9.97 Å². The number of carbonyl (C=O) groups is 1. The van der Waals surface area contributed by atoms with E-state index >= 15 is 0 Å². The molecule has 0 radical (unpaired) electrons. The van der Waals surface area contributed by atoms with Gasteiger partial charge in [0.05, 0.1) is 5.52 Å². The van der Waals surface area contributed by atoms with Crippen LogP contribution in [0.3, 0.4) is 0 Å². The highest BCUT2D eigenvalue weighted by Gasteiger charge is 2.03. The first-order valence-corrected chi connectivity index (χ1v) is 3.79. The van der Waals surface area contributed by atoms with Gasteiger partial charge in [0.15, 0.2) is 0 Å². The van der Waals surface area contributed by atoms with E-state index in [1.807, 2.05) is 24.3 Å². The second-order valence-electron chi connectivity index (χ2n) is 2.62. The van der Waals surface area contributed by atoms with Crippen LogP contribution >= 0.6 is 24.8 Å². The van der Waals surface area contributed by atoms with Crippen molar-refractivity contribution in [3.8, 4) is 0 Å². The average molecular weight is 246 g/mol. The van der Waals surface area contributed by atoms with Gasteiger partial charge in [-0.25, -0.2) is 9.97 Å². The third kappa shape index (κ3) is 2.78. The maximum absolute atomic E-state index is 10.7. The van der Waals surface area contributed by atoms with Crippen LogP contribution in [0.5, 0.6) is 0 Å². The minimum Gasteiger partial charge on any atom is -0.363 e. The summed E-state index contributed by atoms with van der Waals surface area (Å²) in [6, 6.07) is 7.42. The van der Waals surface area contributed by atoms with E-state index in [1.165, 1.54) is 0 Å². The van der Waals surface area contributed by atoms with Crippen LogP contribution in [0.15, 0.2) is 30.5 Å². The van der Waals surface area contributed by atoms with Crippen LogP contribution in [-0.2, 0) is 0 Å². The number of aromatic nitrogens is 2. The predicted molar refractivity (Wildman–Crippen MR) is 62.6 cm³/mol. The Morgan fingerprint density at radius 1 is 1.20 bits per heavy atom. The molecule has 1 heterocycles. The molecule has 2 N–H and O–H groups in total. The summed E-state index contributed by atoms with van der Waals surface area (Å²) >= 11 is 0. The molecule has 0 saturated carbocycles. The van der Waals surface area contributed by atoms with Gasteiger partial charge in [-0.2, -0.15) is 0 Å². The van der Waals surface area contributed by atoms with Crippen LogP contribution in [0.4, 0.5) is 0 Å². The number of para-hydroxylation sites is 1. The monoisotopic (exact) mass is 245 g/mol. The summed E-state index contributed by atoms with van der Waals surface area (Å²) in [7, 11) is 0. The van der Waals surface area contributed by atoms with E-state index in [1.54, 1.807) is 6.20 Å². The van der Waals surface area contributed by atoms with Crippen LogP contribution in [-0.4, -0.2) is 15.9 Å². The first-order chi connectivity index (χ1) is 6.27. The number of nitrogens with zero attached hydrogens (tertiary/aromatic N) is 2. The van der Waals surface area contributed by atoms with Crippen LogP contribution in [0.2, 0.25) is 0 Å². The Morgan fingerprint density at radius 2 is 1.87 bits per heavy atom. The first kappa shape index (κ1) is 13.6. The highest BCUT2D eigenvalue weighted by molar-refractivity contribution is 5.91. The van der Waals surface area contributed by atoms with Gasteiger partial charge in [-0.1, -0.05) is 18.2 Å². The van der Waals surface area contributed by atoms with Crippen LogP contribution in [0.1, 0.15) is 10.6 Å². The number of nitrogens with two attached hydrogens (primary N) is 1. The predicted octanol–water partition coefficient (Wildman–Crippen LogP) is 1.57. The minimum absolute atomic E-state index is 0. The zero-order chi connectivity index (χ0) is 9.26. The molecule has 2 rings (SSSR count). The molecule has 15 heavy (non-hydrogen) atoms. The second kappa shape index (κ2) is 5.48. The Labute approximate surface area is 98.7 Å². The maximum atomic E-state index is 10.7. The second-order valence-corrected chi connectivity index (χ2v) is 2.62. The van der Waals surface area contributed by atoms with E-state index < -0.39 is 5.91 Å². The third-order valence-corrected chi connectivity index (χ3v) is 1.71. The minimum atomic E-state index is -0.606. The van der Waals surface area contributed by atoms with Crippen molar-refractivity contribution in [3.63, 3.8) is 0 Å². The molecule has 2 aromatic rings. The molecule has 0 fully saturated rings. The number of benzene rings is 1. The lowest BCUT2D eigenvalue weighted by atomic mass is 10.2. The standard InChI is InChI=1S/C9H7N3O.2ClH/c10-8(13)9-11-5-6-3-1-2-4-7(6)12-9;;/h1-5H,(H2,10,13);2*1H. The average Bonchev–Trinajstić information content (AvgIpc) is 2.17. The van der Waals surface area contributed by atoms with Gasteiger partial charge in [0, 0.05) is 11.6 Å². The summed E-state index contributed by atoms with van der Waals surface area (Å²) < 4.78 is 0. The van der Waals surface area contributed by atoms with E-state index in [9.17, 15) is 4.79 Å². The lowest BCUT2D eigenvalue weighted by molar-refractivity contribution is 0.0991. The van der Waals surface area contributed by atoms with Crippen LogP contribution in [0, 0.1) is 0 Å². The Hall–Kier alpha value is -1.39. The van der Waals surface area contributed by atoms with Crippen molar-refractivity contribution in [2.75, 3.05) is 0 Å². The Morgan fingerprint density at radius 3 is 2.53 bits per heavy atom. The molecule has 0 bridgehead atoms. The molecule has 80 valence electrons. The van der Waals surface area contributed by atoms with Crippen molar-refractivity contribution in [2.24, 2.45) is 5.73 Å². The summed E-state index contributed by atoms with van der Waals surface area (Å²) in [4.78, 5) is 18.6. The van der Waals surface area contributed by atoms with Gasteiger partial charge >= 0.3 is 0 Å². The summed E-state index contributed by atoms with van der Waals surface area (Å²) in [5, 5.41) is 0.896. The molecule has 0 aliphatic rings. The SMILES string of the molecule is Cl.Cl.NC(=O)c1ncc2ccccc2n1. The molecular formula is C9H9Cl2N3O. The van der Waals surface area contributed by atoms with Gasteiger partial charge in [-0.05, 0) is 6.07 Å². The fraction of sp³-hybridized carbons (Fsp3) is 0. The molecule has 1 aromatic carbocycles. The summed E-state index contributed by atoms with van der Waals surface area (Å²) in [5.41, 5.74) is 5.77. The number of rotatable bonds is 1. The van der Waals surface area contributed by atoms with Crippen LogP contribution in [0.25, 0.3) is 10.9 Å². The largest absolute Gasteiger partial charge is 0.363 e. The topological polar surface area (TPSA) is 68.9 Å². The molecule has 0 aliphatic carbocycles. The molecule has 0 saturated heterocycles. The van der Waals surface area contributed by atoms with Crippen molar-refractivity contribution in [3.05, 3.63) is 36.3 Å². The Bertz CT molecular complexity index is 476. The van der Waals surface area contributed by atoms with Gasteiger partial charge in [0.1, 0.15) is 0 Å². The van der Waals surface area contributed by atoms with Crippen molar-refractivity contribution in [2.45, 2.75) is 0 Å². The molecule has 6 heteroatoms. The zero-order valence-electron chi connectivity index (χ0n) is 7.58. The molecule has 0 spiro atoms. The van der Waals surface area contributed by atoms with E-state index in [2.05, 4.69) is 9.97 Å². The number of primary amides is 1. The third-order valence-electron chi connectivity index (χ3n) is 1.71. The number of halogens is 2. The lowest BCUT2D eigenvalue weighted by Crippen LogP contribution is -2.14. The Kier molecular flexibility index (Phi) is 4.97. The van der Waals surface area contributed by atoms with Crippen molar-refractivity contribution < 1.29 is 4.79 Å². The van der Waals surface area contributed by atoms with Gasteiger partial charge < -0.3 is 5.73 Å². The molecule has 0 atom stereocenters. The maximum Gasteiger partial charge on any atom is 0.286 e. The fourth-order valence-corrected chi connectivity index (χ4v) is 1.09. The molecule has 4 nitrogen and oxygen atoms in total. The van der Waals surface area contributed by atoms with E-state index in [4.69, 9.17) is 5.73 Å². The van der Waals surface area contributed by atoms with E-state index in [0.717, 1.165) is 10.9 Å². The molecule has 0 unspecified atom stereocenters. The summed E-state index contributed by atoms with van der Waals surface area (Å²) in [6.07, 6.45) is 1.59. The van der Waals surface area contributed by atoms with E-state index in [0.29, 0.717) is 0 Å². The zero-order valence-corrected chi connectivity index (χ0v) is 9.22. The molecular weight excluding hydrogens is 237 g/mol. The number of carbonyl (C=O) groups excluding carboxylic acids is 1. The Balaban J connectivity index is 0.000000980. The lowest BCUT2D eigenvalue weighted by Gasteiger charge is -1.96. The highest BCUT2D eigenvalue weighted by atomic mass is 35.5. The van der Waals surface area contributed by atoms with Gasteiger partial charge in [0.2, 0.25) is 5.82 Å².